The number of amides is 2. The number of likely N-dealkylation sites (tertiary alicyclic amines) is 1. The monoisotopic (exact) mass is 579 g/mol. The number of aromatic nitrogens is 2. The van der Waals surface area contributed by atoms with E-state index in [1.165, 1.54) is 24.5 Å². The molecule has 0 atom stereocenters. The molecule has 1 saturated carbocycles. The van der Waals surface area contributed by atoms with Crippen molar-refractivity contribution in [2.24, 2.45) is 17.8 Å². The summed E-state index contributed by atoms with van der Waals surface area (Å²) >= 11 is 0. The Kier molecular flexibility index (Phi) is 9.25. The van der Waals surface area contributed by atoms with Crippen molar-refractivity contribution in [1.82, 2.24) is 19.8 Å². The van der Waals surface area contributed by atoms with Gasteiger partial charge in [-0.05, 0) is 113 Å². The first-order valence-electron chi connectivity index (χ1n) is 15.4. The van der Waals surface area contributed by atoms with E-state index in [2.05, 4.69) is 46.1 Å². The summed E-state index contributed by atoms with van der Waals surface area (Å²) in [5.41, 5.74) is 2.90. The number of piperidine rings is 1. The van der Waals surface area contributed by atoms with E-state index in [4.69, 9.17) is 4.98 Å². The van der Waals surface area contributed by atoms with Crippen LogP contribution >= 0.6 is 0 Å². The van der Waals surface area contributed by atoms with Crippen LogP contribution in [0.2, 0.25) is 0 Å². The summed E-state index contributed by atoms with van der Waals surface area (Å²) in [6.07, 6.45) is 5.44. The number of anilines is 1. The first-order chi connectivity index (χ1) is 20.1. The standard InChI is InChI=1S/C33H43F2N5O2/c1-20(2)23-13-15-39(16-14-23)19-22-5-12-29-30(17-22)40(26-9-6-24(7-10-26)31(41)36-21(3)4)33(37-29)38-32(42)25-8-11-27(34)28(35)18-25/h5,8,11-12,17-18,20-21,23-24,26H,6-7,9-10,13-16,19H2,1-4H3,(H,36,41)(H,37,38,42). The molecule has 5 rings (SSSR count). The third-order valence-corrected chi connectivity index (χ3v) is 9.01. The fourth-order valence-electron chi connectivity index (χ4n) is 6.54. The molecule has 1 saturated heterocycles. The summed E-state index contributed by atoms with van der Waals surface area (Å²) in [6, 6.07) is 9.51. The van der Waals surface area contributed by atoms with E-state index in [-0.39, 0.29) is 29.5 Å². The van der Waals surface area contributed by atoms with Crippen molar-refractivity contribution in [1.29, 1.82) is 0 Å². The first kappa shape index (κ1) is 30.1. The van der Waals surface area contributed by atoms with Crippen LogP contribution in [-0.4, -0.2) is 45.4 Å². The average molecular weight is 580 g/mol. The smallest absolute Gasteiger partial charge is 0.258 e. The molecule has 0 radical (unpaired) electrons. The van der Waals surface area contributed by atoms with E-state index in [0.717, 1.165) is 74.4 Å². The lowest BCUT2D eigenvalue weighted by Crippen LogP contribution is -2.37. The number of hydrogen-bond acceptors (Lipinski definition) is 4. The highest BCUT2D eigenvalue weighted by Gasteiger charge is 2.30. The third-order valence-electron chi connectivity index (χ3n) is 9.01. The van der Waals surface area contributed by atoms with Gasteiger partial charge in [0, 0.05) is 30.1 Å². The Bertz CT molecular complexity index is 1420. The molecule has 0 bridgehead atoms. The van der Waals surface area contributed by atoms with Crippen molar-refractivity contribution in [3.63, 3.8) is 0 Å². The van der Waals surface area contributed by atoms with Crippen LogP contribution in [0, 0.1) is 29.4 Å². The molecule has 226 valence electrons. The highest BCUT2D eigenvalue weighted by Crippen LogP contribution is 2.37. The van der Waals surface area contributed by atoms with Gasteiger partial charge in [-0.3, -0.25) is 19.8 Å². The van der Waals surface area contributed by atoms with Crippen LogP contribution in [0.5, 0.6) is 0 Å². The number of carbonyl (C=O) groups is 2. The highest BCUT2D eigenvalue weighted by molar-refractivity contribution is 6.04. The van der Waals surface area contributed by atoms with E-state index >= 15 is 0 Å². The summed E-state index contributed by atoms with van der Waals surface area (Å²) in [5, 5.41) is 5.90. The number of imidazole rings is 1. The SMILES string of the molecule is CC(C)NC(=O)C1CCC(n2c(NC(=O)c3ccc(F)c(F)c3)nc3ccc(CN4CCC(C(C)C)CC4)cc32)CC1. The van der Waals surface area contributed by atoms with Crippen molar-refractivity contribution in [3.05, 3.63) is 59.2 Å². The van der Waals surface area contributed by atoms with E-state index in [0.29, 0.717) is 11.9 Å². The lowest BCUT2D eigenvalue weighted by Gasteiger charge is -2.34. The number of nitrogens with one attached hydrogen (secondary N) is 2. The predicted octanol–water partition coefficient (Wildman–Crippen LogP) is 6.69. The number of fused-ring (bicyclic) bond motifs is 1. The van der Waals surface area contributed by atoms with Crippen molar-refractivity contribution < 1.29 is 18.4 Å². The Hall–Kier alpha value is -3.33. The molecule has 2 amide bonds. The molecule has 2 aliphatic rings. The summed E-state index contributed by atoms with van der Waals surface area (Å²) < 4.78 is 29.5. The van der Waals surface area contributed by atoms with Crippen molar-refractivity contribution in [2.75, 3.05) is 18.4 Å². The molecule has 2 N–H and O–H groups in total. The first-order valence-corrected chi connectivity index (χ1v) is 15.4. The molecule has 9 heteroatoms. The van der Waals surface area contributed by atoms with E-state index in [9.17, 15) is 18.4 Å². The largest absolute Gasteiger partial charge is 0.354 e. The second kappa shape index (κ2) is 12.9. The van der Waals surface area contributed by atoms with E-state index in [1.54, 1.807) is 0 Å². The van der Waals surface area contributed by atoms with Crippen molar-refractivity contribution in [2.45, 2.75) is 84.8 Å². The molecule has 42 heavy (non-hydrogen) atoms. The van der Waals surface area contributed by atoms with Crippen molar-refractivity contribution in [3.8, 4) is 0 Å². The van der Waals surface area contributed by atoms with Gasteiger partial charge >= 0.3 is 0 Å². The number of nitrogens with zero attached hydrogens (tertiary/aromatic N) is 3. The van der Waals surface area contributed by atoms with Crippen LogP contribution in [0.25, 0.3) is 11.0 Å². The molecule has 0 spiro atoms. The van der Waals surface area contributed by atoms with Gasteiger partial charge < -0.3 is 9.88 Å². The molecular weight excluding hydrogens is 536 g/mol. The second-order valence-corrected chi connectivity index (χ2v) is 12.7. The molecule has 1 aliphatic carbocycles. The molecule has 3 aromatic rings. The quantitative estimate of drug-likeness (QED) is 0.312. The van der Waals surface area contributed by atoms with Gasteiger partial charge in [-0.1, -0.05) is 19.9 Å². The minimum absolute atomic E-state index is 0.0204. The molecule has 7 nitrogen and oxygen atoms in total. The molecule has 2 heterocycles. The molecule has 0 unspecified atom stereocenters. The summed E-state index contributed by atoms with van der Waals surface area (Å²) in [7, 11) is 0. The zero-order valence-electron chi connectivity index (χ0n) is 25.1. The number of carbonyl (C=O) groups excluding carboxylic acids is 2. The minimum Gasteiger partial charge on any atom is -0.354 e. The molecular formula is C33H43F2N5O2. The van der Waals surface area contributed by atoms with Gasteiger partial charge in [-0.2, -0.15) is 0 Å². The highest BCUT2D eigenvalue weighted by atomic mass is 19.2. The minimum atomic E-state index is -1.07. The van der Waals surface area contributed by atoms with E-state index < -0.39 is 17.5 Å². The zero-order chi connectivity index (χ0) is 30.0. The topological polar surface area (TPSA) is 79.3 Å². The average Bonchev–Trinajstić information content (AvgIpc) is 3.31. The van der Waals surface area contributed by atoms with Crippen LogP contribution in [0.15, 0.2) is 36.4 Å². The fraction of sp³-hybridized carbons (Fsp3) is 0.545. The van der Waals surface area contributed by atoms with Gasteiger partial charge in [0.2, 0.25) is 11.9 Å². The van der Waals surface area contributed by atoms with Crippen molar-refractivity contribution >= 4 is 28.8 Å². The molecule has 2 aromatic carbocycles. The maximum absolute atomic E-state index is 13.9. The Morgan fingerprint density at radius 1 is 0.929 bits per heavy atom. The zero-order valence-corrected chi connectivity index (χ0v) is 25.1. The normalized spacial score (nSPS) is 20.4. The Labute approximate surface area is 247 Å². The van der Waals surface area contributed by atoms with Crippen LogP contribution in [0.1, 0.15) is 88.2 Å². The molecule has 1 aromatic heterocycles. The fourth-order valence-corrected chi connectivity index (χ4v) is 6.54. The number of benzene rings is 2. The van der Waals surface area contributed by atoms with Gasteiger partial charge in [-0.25, -0.2) is 13.8 Å². The maximum atomic E-state index is 13.9. The van der Waals surface area contributed by atoms with Crippen LogP contribution < -0.4 is 10.6 Å². The Morgan fingerprint density at radius 2 is 1.64 bits per heavy atom. The number of halogens is 2. The van der Waals surface area contributed by atoms with Gasteiger partial charge in [0.1, 0.15) is 0 Å². The number of hydrogen-bond donors (Lipinski definition) is 2. The van der Waals surface area contributed by atoms with E-state index in [1.807, 2.05) is 19.9 Å². The van der Waals surface area contributed by atoms with Gasteiger partial charge in [-0.15, -0.1) is 0 Å². The van der Waals surface area contributed by atoms with Gasteiger partial charge in [0.15, 0.2) is 11.6 Å². The molecule has 1 aliphatic heterocycles. The Balaban J connectivity index is 1.41. The van der Waals surface area contributed by atoms with Crippen LogP contribution in [0.3, 0.4) is 0 Å². The summed E-state index contributed by atoms with van der Waals surface area (Å²) in [4.78, 5) is 33.1. The van der Waals surface area contributed by atoms with Gasteiger partial charge in [0.25, 0.3) is 5.91 Å². The van der Waals surface area contributed by atoms with Crippen LogP contribution in [0.4, 0.5) is 14.7 Å². The third kappa shape index (κ3) is 6.83. The maximum Gasteiger partial charge on any atom is 0.258 e. The summed E-state index contributed by atoms with van der Waals surface area (Å²) in [6.45, 7) is 11.6. The Morgan fingerprint density at radius 3 is 2.29 bits per heavy atom. The number of rotatable bonds is 8. The lowest BCUT2D eigenvalue weighted by atomic mass is 9.85. The van der Waals surface area contributed by atoms with Gasteiger partial charge in [0.05, 0.1) is 11.0 Å². The van der Waals surface area contributed by atoms with Crippen LogP contribution in [-0.2, 0) is 11.3 Å². The molecule has 2 fully saturated rings. The summed E-state index contributed by atoms with van der Waals surface area (Å²) in [5.74, 6) is -0.701. The second-order valence-electron chi connectivity index (χ2n) is 12.7. The predicted molar refractivity (Wildman–Crippen MR) is 161 cm³/mol. The lowest BCUT2D eigenvalue weighted by molar-refractivity contribution is -0.126.